The molecule has 0 bridgehead atoms. The number of unbranched alkanes of at least 4 members (excludes halogenated alkanes) is 2. The van der Waals surface area contributed by atoms with Crippen LogP contribution < -0.4 is 0 Å². The molecule has 0 radical (unpaired) electrons. The minimum Gasteiger partial charge on any atom is -0.300 e. The quantitative estimate of drug-likeness (QED) is 0.518. The van der Waals surface area contributed by atoms with Crippen molar-refractivity contribution in [1.82, 2.24) is 0 Å². The zero-order valence-corrected chi connectivity index (χ0v) is 10.2. The van der Waals surface area contributed by atoms with Gasteiger partial charge in [-0.05, 0) is 25.7 Å². The van der Waals surface area contributed by atoms with Gasteiger partial charge < -0.3 is 0 Å². The van der Waals surface area contributed by atoms with Crippen molar-refractivity contribution < 1.29 is 9.59 Å². The van der Waals surface area contributed by atoms with Crippen LogP contribution >= 0.6 is 0 Å². The van der Waals surface area contributed by atoms with E-state index in [4.69, 9.17) is 0 Å². The molecular formula is C13H24O2. The fourth-order valence-corrected chi connectivity index (χ4v) is 1.63. The Kier molecular flexibility index (Phi) is 9.44. The molecule has 0 unspecified atom stereocenters. The van der Waals surface area contributed by atoms with Gasteiger partial charge in [0.25, 0.3) is 0 Å². The fourth-order valence-electron chi connectivity index (χ4n) is 1.63. The van der Waals surface area contributed by atoms with Gasteiger partial charge in [-0.25, -0.2) is 0 Å². The number of hydrogen-bond acceptors (Lipinski definition) is 2. The van der Waals surface area contributed by atoms with Crippen LogP contribution in [-0.2, 0) is 9.59 Å². The Balaban J connectivity index is 3.24. The summed E-state index contributed by atoms with van der Waals surface area (Å²) in [6, 6.07) is 0. The van der Waals surface area contributed by atoms with Gasteiger partial charge >= 0.3 is 0 Å². The van der Waals surface area contributed by atoms with Crippen molar-refractivity contribution in [3.05, 3.63) is 0 Å². The zero-order chi connectivity index (χ0) is 11.5. The Morgan fingerprint density at radius 3 is 1.40 bits per heavy atom. The number of rotatable bonds is 10. The maximum absolute atomic E-state index is 11.2. The summed E-state index contributed by atoms with van der Waals surface area (Å²) in [5.41, 5.74) is 0. The summed E-state index contributed by atoms with van der Waals surface area (Å²) < 4.78 is 0. The van der Waals surface area contributed by atoms with E-state index in [2.05, 4.69) is 0 Å². The van der Waals surface area contributed by atoms with Crippen LogP contribution in [0.5, 0.6) is 0 Å². The number of ketones is 2. The van der Waals surface area contributed by atoms with Gasteiger partial charge in [-0.3, -0.25) is 9.59 Å². The van der Waals surface area contributed by atoms with E-state index >= 15 is 0 Å². The first-order valence-electron chi connectivity index (χ1n) is 6.24. The molecule has 0 aromatic heterocycles. The van der Waals surface area contributed by atoms with E-state index in [-0.39, 0.29) is 0 Å². The highest BCUT2D eigenvalue weighted by molar-refractivity contribution is 5.78. The highest BCUT2D eigenvalue weighted by atomic mass is 16.1. The van der Waals surface area contributed by atoms with Gasteiger partial charge in [-0.15, -0.1) is 0 Å². The molecule has 15 heavy (non-hydrogen) atoms. The maximum atomic E-state index is 11.2. The van der Waals surface area contributed by atoms with E-state index in [9.17, 15) is 9.59 Å². The number of carbonyl (C=O) groups is 2. The van der Waals surface area contributed by atoms with Crippen LogP contribution in [-0.4, -0.2) is 11.6 Å². The molecule has 0 spiro atoms. The Morgan fingerprint density at radius 2 is 1.07 bits per heavy atom. The van der Waals surface area contributed by atoms with Gasteiger partial charge in [0.15, 0.2) is 0 Å². The van der Waals surface area contributed by atoms with Gasteiger partial charge in [-0.1, -0.05) is 20.3 Å². The van der Waals surface area contributed by atoms with Gasteiger partial charge in [0, 0.05) is 25.7 Å². The standard InChI is InChI=1S/C13H24O2/c1-3-8-12(14)10-6-5-7-11-13(15)9-4-2/h3-11H2,1-2H3. The molecule has 0 saturated carbocycles. The van der Waals surface area contributed by atoms with Crippen molar-refractivity contribution in [2.45, 2.75) is 71.6 Å². The summed E-state index contributed by atoms with van der Waals surface area (Å²) in [5.74, 6) is 0.745. The molecular weight excluding hydrogens is 188 g/mol. The summed E-state index contributed by atoms with van der Waals surface area (Å²) in [7, 11) is 0. The van der Waals surface area contributed by atoms with E-state index in [0.717, 1.165) is 44.9 Å². The number of Topliss-reactive ketones (excluding diaryl/α,β-unsaturated/α-hetero) is 2. The van der Waals surface area contributed by atoms with Gasteiger partial charge in [0.2, 0.25) is 0 Å². The van der Waals surface area contributed by atoms with Crippen molar-refractivity contribution >= 4 is 11.6 Å². The third-order valence-electron chi connectivity index (χ3n) is 2.47. The van der Waals surface area contributed by atoms with E-state index in [1.54, 1.807) is 0 Å². The Morgan fingerprint density at radius 1 is 0.667 bits per heavy atom. The van der Waals surface area contributed by atoms with Crippen LogP contribution in [0.2, 0.25) is 0 Å². The highest BCUT2D eigenvalue weighted by Crippen LogP contribution is 2.07. The molecule has 88 valence electrons. The van der Waals surface area contributed by atoms with E-state index < -0.39 is 0 Å². The maximum Gasteiger partial charge on any atom is 0.132 e. The fraction of sp³-hybridized carbons (Fsp3) is 0.846. The van der Waals surface area contributed by atoms with Crippen molar-refractivity contribution in [3.63, 3.8) is 0 Å². The van der Waals surface area contributed by atoms with Crippen molar-refractivity contribution in [3.8, 4) is 0 Å². The molecule has 0 aromatic carbocycles. The smallest absolute Gasteiger partial charge is 0.132 e. The Bertz CT molecular complexity index is 165. The third-order valence-corrected chi connectivity index (χ3v) is 2.47. The summed E-state index contributed by atoms with van der Waals surface area (Å²) in [5, 5.41) is 0. The molecule has 2 heteroatoms. The average Bonchev–Trinajstić information content (AvgIpc) is 2.18. The highest BCUT2D eigenvalue weighted by Gasteiger charge is 2.02. The van der Waals surface area contributed by atoms with Crippen molar-refractivity contribution in [2.75, 3.05) is 0 Å². The number of carbonyl (C=O) groups excluding carboxylic acids is 2. The molecule has 2 nitrogen and oxygen atoms in total. The second kappa shape index (κ2) is 9.88. The monoisotopic (exact) mass is 212 g/mol. The molecule has 0 amide bonds. The molecule has 0 atom stereocenters. The van der Waals surface area contributed by atoms with Crippen LogP contribution in [0.3, 0.4) is 0 Å². The molecule has 0 aliphatic rings. The molecule has 0 N–H and O–H groups in total. The minimum absolute atomic E-state index is 0.373. The normalized spacial score (nSPS) is 10.3. The average molecular weight is 212 g/mol. The van der Waals surface area contributed by atoms with Gasteiger partial charge in [0.1, 0.15) is 11.6 Å². The summed E-state index contributed by atoms with van der Waals surface area (Å²) in [6.45, 7) is 4.06. The second-order valence-electron chi connectivity index (χ2n) is 4.14. The second-order valence-corrected chi connectivity index (χ2v) is 4.14. The third kappa shape index (κ3) is 9.64. The van der Waals surface area contributed by atoms with Crippen LogP contribution in [0, 0.1) is 0 Å². The van der Waals surface area contributed by atoms with Crippen LogP contribution in [0.1, 0.15) is 71.6 Å². The molecule has 0 aromatic rings. The summed E-state index contributed by atoms with van der Waals surface area (Å²) in [6.07, 6.45) is 7.68. The largest absolute Gasteiger partial charge is 0.300 e. The lowest BCUT2D eigenvalue weighted by molar-refractivity contribution is -0.119. The van der Waals surface area contributed by atoms with Crippen LogP contribution in [0.15, 0.2) is 0 Å². The van der Waals surface area contributed by atoms with E-state index in [1.165, 1.54) is 0 Å². The first-order chi connectivity index (χ1) is 7.20. The number of hydrogen-bond donors (Lipinski definition) is 0. The van der Waals surface area contributed by atoms with Crippen molar-refractivity contribution in [1.29, 1.82) is 0 Å². The van der Waals surface area contributed by atoms with E-state index in [0.29, 0.717) is 24.4 Å². The summed E-state index contributed by atoms with van der Waals surface area (Å²) in [4.78, 5) is 22.4. The lowest BCUT2D eigenvalue weighted by Gasteiger charge is -2.00. The molecule has 0 heterocycles. The predicted octanol–water partition coefficient (Wildman–Crippen LogP) is 3.68. The van der Waals surface area contributed by atoms with Gasteiger partial charge in [0.05, 0.1) is 0 Å². The molecule has 0 saturated heterocycles. The molecule has 0 aliphatic heterocycles. The van der Waals surface area contributed by atoms with Crippen LogP contribution in [0.4, 0.5) is 0 Å². The van der Waals surface area contributed by atoms with Gasteiger partial charge in [-0.2, -0.15) is 0 Å². The Labute approximate surface area is 93.4 Å². The first-order valence-corrected chi connectivity index (χ1v) is 6.24. The lowest BCUT2D eigenvalue weighted by atomic mass is 10.0. The molecule has 0 rings (SSSR count). The minimum atomic E-state index is 0.373. The lowest BCUT2D eigenvalue weighted by Crippen LogP contribution is -1.98. The topological polar surface area (TPSA) is 34.1 Å². The van der Waals surface area contributed by atoms with Crippen LogP contribution in [0.25, 0.3) is 0 Å². The molecule has 0 aliphatic carbocycles. The summed E-state index contributed by atoms with van der Waals surface area (Å²) >= 11 is 0. The van der Waals surface area contributed by atoms with Crippen molar-refractivity contribution in [2.24, 2.45) is 0 Å². The SMILES string of the molecule is CCCC(=O)CCCCCC(=O)CCC. The Hall–Kier alpha value is -0.660. The molecule has 0 fully saturated rings. The predicted molar refractivity (Wildman–Crippen MR) is 62.9 cm³/mol. The zero-order valence-electron chi connectivity index (χ0n) is 10.2. The van der Waals surface area contributed by atoms with E-state index in [1.807, 2.05) is 13.8 Å². The first kappa shape index (κ1) is 14.3.